The Morgan fingerprint density at radius 3 is 2.76 bits per heavy atom. The van der Waals surface area contributed by atoms with Gasteiger partial charge in [-0.3, -0.25) is 9.78 Å². The molecule has 0 bridgehead atoms. The number of rotatable bonds is 1. The SMILES string of the molecule is NC(=O)c1ccc2ncc3ncncc3c2c1. The van der Waals surface area contributed by atoms with Crippen molar-refractivity contribution in [2.24, 2.45) is 5.73 Å². The van der Waals surface area contributed by atoms with Crippen LogP contribution in [-0.4, -0.2) is 20.9 Å². The monoisotopic (exact) mass is 224 g/mol. The van der Waals surface area contributed by atoms with Crippen molar-refractivity contribution < 1.29 is 4.79 Å². The average Bonchev–Trinajstić information content (AvgIpc) is 2.38. The molecule has 0 aliphatic carbocycles. The van der Waals surface area contributed by atoms with Crippen LogP contribution in [0.5, 0.6) is 0 Å². The molecule has 1 amide bonds. The highest BCUT2D eigenvalue weighted by Crippen LogP contribution is 2.22. The third kappa shape index (κ3) is 1.48. The van der Waals surface area contributed by atoms with E-state index < -0.39 is 5.91 Å². The molecule has 5 heteroatoms. The Labute approximate surface area is 96.3 Å². The maximum Gasteiger partial charge on any atom is 0.248 e. The molecule has 0 unspecified atom stereocenters. The van der Waals surface area contributed by atoms with Gasteiger partial charge in [0, 0.05) is 22.5 Å². The van der Waals surface area contributed by atoms with Crippen LogP contribution in [0.25, 0.3) is 21.8 Å². The Hall–Kier alpha value is -2.56. The second-order valence-electron chi connectivity index (χ2n) is 3.68. The number of hydrogen-bond donors (Lipinski definition) is 1. The minimum atomic E-state index is -0.458. The first-order valence-electron chi connectivity index (χ1n) is 5.04. The van der Waals surface area contributed by atoms with E-state index in [0.717, 1.165) is 21.8 Å². The van der Waals surface area contributed by atoms with E-state index in [1.165, 1.54) is 6.33 Å². The summed E-state index contributed by atoms with van der Waals surface area (Å²) in [6.07, 6.45) is 4.86. The topological polar surface area (TPSA) is 81.8 Å². The molecule has 2 heterocycles. The molecule has 3 rings (SSSR count). The number of amides is 1. The standard InChI is InChI=1S/C12H8N4O/c13-12(17)7-1-2-10-8(3-7)9-4-14-6-16-11(9)5-15-10/h1-6H,(H2,13,17). The van der Waals surface area contributed by atoms with Gasteiger partial charge in [0.1, 0.15) is 6.33 Å². The van der Waals surface area contributed by atoms with Gasteiger partial charge in [-0.05, 0) is 18.2 Å². The molecule has 3 aromatic rings. The van der Waals surface area contributed by atoms with Gasteiger partial charge in [-0.2, -0.15) is 0 Å². The molecule has 0 saturated carbocycles. The lowest BCUT2D eigenvalue weighted by molar-refractivity contribution is 0.100. The quantitative estimate of drug-likeness (QED) is 0.631. The minimum absolute atomic E-state index is 0.454. The molecule has 0 radical (unpaired) electrons. The van der Waals surface area contributed by atoms with Gasteiger partial charge in [0.05, 0.1) is 17.2 Å². The lowest BCUT2D eigenvalue weighted by Gasteiger charge is -2.03. The van der Waals surface area contributed by atoms with Gasteiger partial charge in [-0.1, -0.05) is 0 Å². The number of hydrogen-bond acceptors (Lipinski definition) is 4. The van der Waals surface area contributed by atoms with Crippen LogP contribution in [0.3, 0.4) is 0 Å². The van der Waals surface area contributed by atoms with E-state index >= 15 is 0 Å². The van der Waals surface area contributed by atoms with Crippen molar-refractivity contribution in [1.82, 2.24) is 15.0 Å². The van der Waals surface area contributed by atoms with E-state index in [4.69, 9.17) is 5.73 Å². The van der Waals surface area contributed by atoms with Crippen LogP contribution in [0.1, 0.15) is 10.4 Å². The van der Waals surface area contributed by atoms with Gasteiger partial charge in [-0.25, -0.2) is 9.97 Å². The molecular weight excluding hydrogens is 216 g/mol. The number of aromatic nitrogens is 3. The zero-order chi connectivity index (χ0) is 11.8. The van der Waals surface area contributed by atoms with Crippen molar-refractivity contribution >= 4 is 27.7 Å². The summed E-state index contributed by atoms with van der Waals surface area (Å²) in [5.41, 5.74) is 7.25. The maximum atomic E-state index is 11.2. The van der Waals surface area contributed by atoms with Gasteiger partial charge in [0.25, 0.3) is 0 Å². The van der Waals surface area contributed by atoms with Gasteiger partial charge in [0.2, 0.25) is 5.91 Å². The molecule has 17 heavy (non-hydrogen) atoms. The fraction of sp³-hybridized carbons (Fsp3) is 0. The Balaban J connectivity index is 2.46. The first-order valence-corrected chi connectivity index (χ1v) is 5.04. The van der Waals surface area contributed by atoms with E-state index in [-0.39, 0.29) is 0 Å². The number of carbonyl (C=O) groups excluding carboxylic acids is 1. The predicted molar refractivity (Wildman–Crippen MR) is 63.4 cm³/mol. The summed E-state index contributed by atoms with van der Waals surface area (Å²) in [5.74, 6) is -0.458. The molecule has 0 aliphatic rings. The molecular formula is C12H8N4O. The average molecular weight is 224 g/mol. The number of nitrogens with two attached hydrogens (primary N) is 1. The second kappa shape index (κ2) is 3.48. The van der Waals surface area contributed by atoms with Crippen LogP contribution in [-0.2, 0) is 0 Å². The number of fused-ring (bicyclic) bond motifs is 3. The fourth-order valence-electron chi connectivity index (χ4n) is 1.80. The zero-order valence-corrected chi connectivity index (χ0v) is 8.79. The van der Waals surface area contributed by atoms with Crippen LogP contribution < -0.4 is 5.73 Å². The van der Waals surface area contributed by atoms with Crippen LogP contribution in [0.15, 0.2) is 36.9 Å². The Bertz CT molecular complexity index is 739. The van der Waals surface area contributed by atoms with Crippen molar-refractivity contribution in [3.8, 4) is 0 Å². The molecule has 1 aromatic carbocycles. The summed E-state index contributed by atoms with van der Waals surface area (Å²) < 4.78 is 0. The van der Waals surface area contributed by atoms with Crippen LogP contribution >= 0.6 is 0 Å². The van der Waals surface area contributed by atoms with Crippen LogP contribution in [0.4, 0.5) is 0 Å². The minimum Gasteiger partial charge on any atom is -0.366 e. The Morgan fingerprint density at radius 1 is 1.06 bits per heavy atom. The second-order valence-corrected chi connectivity index (χ2v) is 3.68. The number of pyridine rings is 1. The van der Waals surface area contributed by atoms with Crippen molar-refractivity contribution in [1.29, 1.82) is 0 Å². The van der Waals surface area contributed by atoms with E-state index in [1.807, 2.05) is 0 Å². The highest BCUT2D eigenvalue weighted by molar-refractivity contribution is 6.06. The third-order valence-electron chi connectivity index (χ3n) is 2.64. The summed E-state index contributed by atoms with van der Waals surface area (Å²) in [7, 11) is 0. The Morgan fingerprint density at radius 2 is 1.94 bits per heavy atom. The normalized spacial score (nSPS) is 10.8. The summed E-state index contributed by atoms with van der Waals surface area (Å²) in [6, 6.07) is 5.14. The van der Waals surface area contributed by atoms with E-state index in [2.05, 4.69) is 15.0 Å². The first-order chi connectivity index (χ1) is 8.25. The number of primary amides is 1. The molecule has 2 aromatic heterocycles. The molecule has 2 N–H and O–H groups in total. The fourth-order valence-corrected chi connectivity index (χ4v) is 1.80. The van der Waals surface area contributed by atoms with Crippen LogP contribution in [0.2, 0.25) is 0 Å². The highest BCUT2D eigenvalue weighted by atomic mass is 16.1. The smallest absolute Gasteiger partial charge is 0.248 e. The van der Waals surface area contributed by atoms with Crippen molar-refractivity contribution in [2.75, 3.05) is 0 Å². The largest absolute Gasteiger partial charge is 0.366 e. The molecule has 0 aliphatic heterocycles. The van der Waals surface area contributed by atoms with Crippen molar-refractivity contribution in [2.45, 2.75) is 0 Å². The first kappa shape index (κ1) is 9.65. The molecule has 0 spiro atoms. The summed E-state index contributed by atoms with van der Waals surface area (Å²) >= 11 is 0. The lowest BCUT2D eigenvalue weighted by Crippen LogP contribution is -2.10. The van der Waals surface area contributed by atoms with Crippen molar-refractivity contribution in [3.05, 3.63) is 42.5 Å². The maximum absolute atomic E-state index is 11.2. The predicted octanol–water partition coefficient (Wildman–Crippen LogP) is 1.28. The number of benzene rings is 1. The summed E-state index contributed by atoms with van der Waals surface area (Å²) in [4.78, 5) is 23.5. The number of carbonyl (C=O) groups is 1. The van der Waals surface area contributed by atoms with E-state index in [9.17, 15) is 4.79 Å². The van der Waals surface area contributed by atoms with Gasteiger partial charge in [0.15, 0.2) is 0 Å². The van der Waals surface area contributed by atoms with Gasteiger partial charge >= 0.3 is 0 Å². The molecule has 5 nitrogen and oxygen atoms in total. The van der Waals surface area contributed by atoms with Gasteiger partial charge in [-0.15, -0.1) is 0 Å². The molecule has 82 valence electrons. The number of nitrogens with zero attached hydrogens (tertiary/aromatic N) is 3. The van der Waals surface area contributed by atoms with E-state index in [1.54, 1.807) is 30.6 Å². The Kier molecular flexibility index (Phi) is 1.98. The lowest BCUT2D eigenvalue weighted by atomic mass is 10.1. The zero-order valence-electron chi connectivity index (χ0n) is 8.79. The molecule has 0 fully saturated rings. The van der Waals surface area contributed by atoms with Crippen molar-refractivity contribution in [3.63, 3.8) is 0 Å². The van der Waals surface area contributed by atoms with Crippen LogP contribution in [0, 0.1) is 0 Å². The van der Waals surface area contributed by atoms with Gasteiger partial charge < -0.3 is 5.73 Å². The summed E-state index contributed by atoms with van der Waals surface area (Å²) in [5, 5.41) is 1.69. The molecule has 0 atom stereocenters. The molecule has 0 saturated heterocycles. The van der Waals surface area contributed by atoms with E-state index in [0.29, 0.717) is 5.56 Å². The summed E-state index contributed by atoms with van der Waals surface area (Å²) in [6.45, 7) is 0. The third-order valence-corrected chi connectivity index (χ3v) is 2.64. The highest BCUT2D eigenvalue weighted by Gasteiger charge is 2.06.